The van der Waals surface area contributed by atoms with E-state index >= 15 is 0 Å². The standard InChI is InChI=1S/C27H37N5O6S2/c1-35-21-9-7-10-22(36-2)25(21)32-26(23-11-8-16-38-23)29-30-27(32)31(15-18-39(4,5)6)40(33,34)17-14-20-12-13-24(37-3)28-19-20/h7-13,16,28H,14-15,17-19H2,1-6H3. The van der Waals surface area contributed by atoms with Crippen LogP contribution in [0.15, 0.2) is 64.6 Å². The minimum absolute atomic E-state index is 0.109. The monoisotopic (exact) mass is 591 g/mol. The summed E-state index contributed by atoms with van der Waals surface area (Å²) in [5.74, 6) is 3.01. The van der Waals surface area contributed by atoms with E-state index in [2.05, 4.69) is 34.3 Å². The number of allylic oxidation sites excluding steroid dienone is 2. The average Bonchev–Trinajstić information content (AvgIpc) is 3.61. The van der Waals surface area contributed by atoms with Crippen LogP contribution in [0, 0.1) is 0 Å². The van der Waals surface area contributed by atoms with Gasteiger partial charge in [0.25, 0.3) is 0 Å². The van der Waals surface area contributed by atoms with Crippen LogP contribution in [-0.4, -0.2) is 87.9 Å². The topological polar surface area (TPSA) is 121 Å². The van der Waals surface area contributed by atoms with Gasteiger partial charge >= 0.3 is 0 Å². The summed E-state index contributed by atoms with van der Waals surface area (Å²) < 4.78 is 53.4. The summed E-state index contributed by atoms with van der Waals surface area (Å²) in [5, 5.41) is 12.0. The van der Waals surface area contributed by atoms with Crippen LogP contribution < -0.4 is 19.1 Å². The van der Waals surface area contributed by atoms with Crippen molar-refractivity contribution in [2.75, 3.05) is 69.0 Å². The number of dihydropyridines is 1. The van der Waals surface area contributed by atoms with Gasteiger partial charge in [-0.1, -0.05) is 12.1 Å². The zero-order valence-corrected chi connectivity index (χ0v) is 25.3. The maximum absolute atomic E-state index is 14.1. The first-order chi connectivity index (χ1) is 19.1. The van der Waals surface area contributed by atoms with Crippen molar-refractivity contribution in [2.45, 2.75) is 6.42 Å². The lowest BCUT2D eigenvalue weighted by atomic mass is 10.1. The molecule has 0 fully saturated rings. The van der Waals surface area contributed by atoms with Crippen LogP contribution in [0.4, 0.5) is 5.95 Å². The quantitative estimate of drug-likeness (QED) is 0.317. The third kappa shape index (κ3) is 6.58. The Morgan fingerprint density at radius 1 is 0.975 bits per heavy atom. The second-order valence-electron chi connectivity index (χ2n) is 9.99. The molecule has 0 radical (unpaired) electrons. The van der Waals surface area contributed by atoms with Gasteiger partial charge in [0.05, 0.1) is 33.3 Å². The minimum Gasteiger partial charge on any atom is -0.494 e. The number of aromatic nitrogens is 3. The van der Waals surface area contributed by atoms with Crippen molar-refractivity contribution in [1.82, 2.24) is 20.1 Å². The van der Waals surface area contributed by atoms with Crippen molar-refractivity contribution < 1.29 is 27.0 Å². The molecule has 0 unspecified atom stereocenters. The molecule has 4 rings (SSSR count). The van der Waals surface area contributed by atoms with Crippen molar-refractivity contribution in [2.24, 2.45) is 0 Å². The highest BCUT2D eigenvalue weighted by atomic mass is 32.3. The van der Waals surface area contributed by atoms with Crippen LogP contribution in [0.3, 0.4) is 0 Å². The predicted octanol–water partition coefficient (Wildman–Crippen LogP) is 3.78. The van der Waals surface area contributed by atoms with Gasteiger partial charge in [-0.25, -0.2) is 22.8 Å². The number of methoxy groups -OCH3 is 3. The molecular weight excluding hydrogens is 554 g/mol. The molecule has 0 aliphatic carbocycles. The molecule has 218 valence electrons. The lowest BCUT2D eigenvalue weighted by Crippen LogP contribution is -2.38. The smallest absolute Gasteiger partial charge is 0.246 e. The SMILES string of the molecule is COC1=CC=C(CCS(=O)(=O)N(CCS(C)(C)C)c2nnc(-c3ccco3)n2-c2c(OC)cccc2OC)CN1. The molecule has 40 heavy (non-hydrogen) atoms. The molecule has 0 spiro atoms. The van der Waals surface area contributed by atoms with Gasteiger partial charge < -0.3 is 23.9 Å². The Kier molecular flexibility index (Phi) is 9.04. The fourth-order valence-corrected chi connectivity index (χ4v) is 6.50. The van der Waals surface area contributed by atoms with Gasteiger partial charge in [-0.15, -0.1) is 10.2 Å². The number of para-hydroxylation sites is 1. The first-order valence-corrected chi connectivity index (χ1v) is 17.3. The van der Waals surface area contributed by atoms with E-state index in [1.54, 1.807) is 62.3 Å². The summed E-state index contributed by atoms with van der Waals surface area (Å²) in [5.41, 5.74) is 1.42. The van der Waals surface area contributed by atoms with Crippen LogP contribution in [0.2, 0.25) is 0 Å². The van der Waals surface area contributed by atoms with Crippen molar-refractivity contribution in [3.63, 3.8) is 0 Å². The molecular formula is C27H37N5O6S2. The Hall–Kier alpha value is -3.58. The molecule has 13 heteroatoms. The van der Waals surface area contributed by atoms with Gasteiger partial charge in [0.15, 0.2) is 11.6 Å². The summed E-state index contributed by atoms with van der Waals surface area (Å²) >= 11 is 0. The van der Waals surface area contributed by atoms with E-state index in [1.165, 1.54) is 10.6 Å². The average molecular weight is 592 g/mol. The molecule has 1 aliphatic heterocycles. The van der Waals surface area contributed by atoms with Gasteiger partial charge in [0, 0.05) is 13.1 Å². The van der Waals surface area contributed by atoms with E-state index in [0.29, 0.717) is 53.4 Å². The normalized spacial score (nSPS) is 14.2. The van der Waals surface area contributed by atoms with Crippen molar-refractivity contribution in [3.8, 4) is 28.8 Å². The van der Waals surface area contributed by atoms with Crippen LogP contribution in [0.5, 0.6) is 11.5 Å². The number of sulfonamides is 1. The van der Waals surface area contributed by atoms with Crippen LogP contribution in [0.25, 0.3) is 17.3 Å². The fraction of sp³-hybridized carbons (Fsp3) is 0.407. The molecule has 0 amide bonds. The lowest BCUT2D eigenvalue weighted by molar-refractivity contribution is 0.262. The number of rotatable bonds is 13. The summed E-state index contributed by atoms with van der Waals surface area (Å²) in [4.78, 5) is 0. The van der Waals surface area contributed by atoms with E-state index in [-0.39, 0.29) is 18.2 Å². The molecule has 0 bridgehead atoms. The number of hydrogen-bond donors (Lipinski definition) is 1. The molecule has 3 heterocycles. The Labute approximate surface area is 237 Å². The number of ether oxygens (including phenoxy) is 3. The predicted molar refractivity (Wildman–Crippen MR) is 159 cm³/mol. The van der Waals surface area contributed by atoms with E-state index in [9.17, 15) is 8.42 Å². The zero-order chi connectivity index (χ0) is 28.9. The van der Waals surface area contributed by atoms with Gasteiger partial charge in [0.2, 0.25) is 21.8 Å². The van der Waals surface area contributed by atoms with Crippen molar-refractivity contribution in [1.29, 1.82) is 0 Å². The summed E-state index contributed by atoms with van der Waals surface area (Å²) in [6, 6.07) is 8.83. The largest absolute Gasteiger partial charge is 0.494 e. The van der Waals surface area contributed by atoms with Crippen LogP contribution in [-0.2, 0) is 14.8 Å². The number of hydrogen-bond acceptors (Lipinski definition) is 9. The molecule has 3 aromatic rings. The van der Waals surface area contributed by atoms with Crippen LogP contribution >= 0.6 is 10.0 Å². The minimum atomic E-state index is -3.85. The fourth-order valence-electron chi connectivity index (χ4n) is 4.18. The first-order valence-electron chi connectivity index (χ1n) is 12.6. The molecule has 0 saturated carbocycles. The molecule has 11 nitrogen and oxygen atoms in total. The van der Waals surface area contributed by atoms with Gasteiger partial charge in [0.1, 0.15) is 17.2 Å². The van der Waals surface area contributed by atoms with Crippen molar-refractivity contribution in [3.05, 3.63) is 60.2 Å². The number of furan rings is 1. The third-order valence-corrected chi connectivity index (χ3v) is 9.48. The highest BCUT2D eigenvalue weighted by Crippen LogP contribution is 2.40. The Bertz CT molecular complexity index is 1450. The number of nitrogens with zero attached hydrogens (tertiary/aromatic N) is 4. The van der Waals surface area contributed by atoms with E-state index in [4.69, 9.17) is 18.6 Å². The lowest BCUT2D eigenvalue weighted by Gasteiger charge is -2.31. The zero-order valence-electron chi connectivity index (χ0n) is 23.7. The molecule has 0 atom stereocenters. The highest BCUT2D eigenvalue weighted by molar-refractivity contribution is 8.32. The second-order valence-corrected chi connectivity index (χ2v) is 16.6. The number of benzene rings is 1. The number of nitrogens with one attached hydrogen (secondary N) is 1. The summed E-state index contributed by atoms with van der Waals surface area (Å²) in [6.07, 6.45) is 12.0. The molecule has 0 saturated heterocycles. The molecule has 1 aromatic carbocycles. The maximum Gasteiger partial charge on any atom is 0.246 e. The van der Waals surface area contributed by atoms with Gasteiger partial charge in [-0.05, 0) is 66.9 Å². The van der Waals surface area contributed by atoms with E-state index in [0.717, 1.165) is 5.57 Å². The molecule has 1 aliphatic rings. The van der Waals surface area contributed by atoms with E-state index in [1.807, 2.05) is 6.08 Å². The van der Waals surface area contributed by atoms with Crippen molar-refractivity contribution >= 4 is 26.0 Å². The van der Waals surface area contributed by atoms with Crippen LogP contribution in [0.1, 0.15) is 6.42 Å². The Morgan fingerprint density at radius 2 is 1.70 bits per heavy atom. The maximum atomic E-state index is 14.1. The Morgan fingerprint density at radius 3 is 2.25 bits per heavy atom. The second kappa shape index (κ2) is 12.3. The Balaban J connectivity index is 1.84. The highest BCUT2D eigenvalue weighted by Gasteiger charge is 2.33. The molecule has 1 N–H and O–H groups in total. The summed E-state index contributed by atoms with van der Waals surface area (Å²) in [6.45, 7) is 0.749. The van der Waals surface area contributed by atoms with E-state index < -0.39 is 20.1 Å². The molecule has 2 aromatic heterocycles. The summed E-state index contributed by atoms with van der Waals surface area (Å²) in [7, 11) is -0.226. The van der Waals surface area contributed by atoms with Gasteiger partial charge in [-0.3, -0.25) is 4.57 Å². The third-order valence-electron chi connectivity index (χ3n) is 6.34. The first kappa shape index (κ1) is 29.4. The number of anilines is 1. The van der Waals surface area contributed by atoms with Gasteiger partial charge in [-0.2, -0.15) is 0 Å².